The molecule has 1 N–H and O–H groups in total. The predicted octanol–water partition coefficient (Wildman–Crippen LogP) is 2.44. The standard InChI is InChI=1S/C16H17NO2/c1-2-16(19)10-17(11-16)15(18)14-9-5-7-12-6-3-4-8-13(12)14/h3-9,19H,2,10-11H2,1H3. The normalized spacial score (nSPS) is 17.3. The van der Waals surface area contributed by atoms with Gasteiger partial charge in [-0.3, -0.25) is 4.79 Å². The van der Waals surface area contributed by atoms with Crippen molar-refractivity contribution in [1.82, 2.24) is 4.90 Å². The number of β-amino-alcohol motifs (C(OH)–C–C–N with tert-alkyl or cyclic N) is 1. The molecule has 0 spiro atoms. The SMILES string of the molecule is CCC1(O)CN(C(=O)c2cccc3ccccc23)C1. The van der Waals surface area contributed by atoms with Crippen molar-refractivity contribution in [1.29, 1.82) is 0 Å². The summed E-state index contributed by atoms with van der Waals surface area (Å²) in [5, 5.41) is 12.0. The summed E-state index contributed by atoms with van der Waals surface area (Å²) in [5.74, 6) is 0.00919. The van der Waals surface area contributed by atoms with Crippen LogP contribution in [0.5, 0.6) is 0 Å². The van der Waals surface area contributed by atoms with Gasteiger partial charge in [0.1, 0.15) is 0 Å². The van der Waals surface area contributed by atoms with Crippen LogP contribution in [0, 0.1) is 0 Å². The third kappa shape index (κ3) is 2.00. The number of benzene rings is 2. The number of hydrogen-bond donors (Lipinski definition) is 1. The lowest BCUT2D eigenvalue weighted by Gasteiger charge is -2.46. The monoisotopic (exact) mass is 255 g/mol. The van der Waals surface area contributed by atoms with Gasteiger partial charge in [-0.2, -0.15) is 0 Å². The van der Waals surface area contributed by atoms with E-state index >= 15 is 0 Å². The summed E-state index contributed by atoms with van der Waals surface area (Å²) in [6.07, 6.45) is 0.687. The van der Waals surface area contributed by atoms with Crippen molar-refractivity contribution < 1.29 is 9.90 Å². The second-order valence-electron chi connectivity index (χ2n) is 5.27. The fraction of sp³-hybridized carbons (Fsp3) is 0.312. The van der Waals surface area contributed by atoms with E-state index in [1.807, 2.05) is 49.4 Å². The first kappa shape index (κ1) is 12.2. The van der Waals surface area contributed by atoms with Crippen LogP contribution in [0.25, 0.3) is 10.8 Å². The number of likely N-dealkylation sites (tertiary alicyclic amines) is 1. The summed E-state index contributed by atoms with van der Waals surface area (Å²) in [4.78, 5) is 14.2. The van der Waals surface area contributed by atoms with Crippen LogP contribution in [0.1, 0.15) is 23.7 Å². The highest BCUT2D eigenvalue weighted by atomic mass is 16.3. The molecule has 1 heterocycles. The Hall–Kier alpha value is -1.87. The number of carbonyl (C=O) groups is 1. The smallest absolute Gasteiger partial charge is 0.254 e. The lowest BCUT2D eigenvalue weighted by Crippen LogP contribution is -2.63. The molecule has 1 aliphatic heterocycles. The molecule has 0 unspecified atom stereocenters. The van der Waals surface area contributed by atoms with Crippen molar-refractivity contribution in [3.63, 3.8) is 0 Å². The molecular weight excluding hydrogens is 238 g/mol. The molecule has 0 atom stereocenters. The highest BCUT2D eigenvalue weighted by Crippen LogP contribution is 2.28. The summed E-state index contributed by atoms with van der Waals surface area (Å²) >= 11 is 0. The lowest BCUT2D eigenvalue weighted by atomic mass is 9.90. The largest absolute Gasteiger partial charge is 0.386 e. The minimum atomic E-state index is -0.680. The molecule has 3 nitrogen and oxygen atoms in total. The first-order valence-corrected chi connectivity index (χ1v) is 6.62. The Balaban J connectivity index is 1.91. The van der Waals surface area contributed by atoms with E-state index in [0.29, 0.717) is 19.5 Å². The quantitative estimate of drug-likeness (QED) is 0.895. The van der Waals surface area contributed by atoms with Gasteiger partial charge in [-0.25, -0.2) is 0 Å². The van der Waals surface area contributed by atoms with Crippen molar-refractivity contribution in [3.8, 4) is 0 Å². The zero-order valence-electron chi connectivity index (χ0n) is 11.0. The van der Waals surface area contributed by atoms with Gasteiger partial charge in [0.15, 0.2) is 0 Å². The average molecular weight is 255 g/mol. The van der Waals surface area contributed by atoms with Gasteiger partial charge in [-0.05, 0) is 23.3 Å². The highest BCUT2D eigenvalue weighted by Gasteiger charge is 2.42. The Bertz CT molecular complexity index is 624. The van der Waals surface area contributed by atoms with Crippen molar-refractivity contribution in [2.75, 3.05) is 13.1 Å². The van der Waals surface area contributed by atoms with E-state index in [4.69, 9.17) is 0 Å². The van der Waals surface area contributed by atoms with Crippen molar-refractivity contribution >= 4 is 16.7 Å². The van der Waals surface area contributed by atoms with Crippen LogP contribution in [-0.4, -0.2) is 34.6 Å². The van der Waals surface area contributed by atoms with Crippen LogP contribution in [0.15, 0.2) is 42.5 Å². The van der Waals surface area contributed by atoms with Gasteiger partial charge in [-0.1, -0.05) is 43.3 Å². The number of hydrogen-bond acceptors (Lipinski definition) is 2. The summed E-state index contributed by atoms with van der Waals surface area (Å²) < 4.78 is 0. The summed E-state index contributed by atoms with van der Waals surface area (Å²) in [7, 11) is 0. The van der Waals surface area contributed by atoms with E-state index in [0.717, 1.165) is 16.3 Å². The molecule has 0 aromatic heterocycles. The Morgan fingerprint density at radius 2 is 1.89 bits per heavy atom. The van der Waals surface area contributed by atoms with Gasteiger partial charge in [0.2, 0.25) is 0 Å². The number of carbonyl (C=O) groups excluding carboxylic acids is 1. The zero-order chi connectivity index (χ0) is 13.5. The molecule has 1 amide bonds. The summed E-state index contributed by atoms with van der Waals surface area (Å²) in [6.45, 7) is 2.82. The average Bonchev–Trinajstić information content (AvgIpc) is 2.42. The minimum Gasteiger partial charge on any atom is -0.386 e. The maximum atomic E-state index is 12.5. The molecule has 98 valence electrons. The molecule has 3 heteroatoms. The molecule has 1 fully saturated rings. The number of nitrogens with zero attached hydrogens (tertiary/aromatic N) is 1. The maximum Gasteiger partial charge on any atom is 0.254 e. The molecule has 1 saturated heterocycles. The maximum absolute atomic E-state index is 12.5. The van der Waals surface area contributed by atoms with Gasteiger partial charge < -0.3 is 10.0 Å². The van der Waals surface area contributed by atoms with Gasteiger partial charge >= 0.3 is 0 Å². The first-order chi connectivity index (χ1) is 9.13. The van der Waals surface area contributed by atoms with Crippen LogP contribution >= 0.6 is 0 Å². The van der Waals surface area contributed by atoms with E-state index in [-0.39, 0.29) is 5.91 Å². The molecular formula is C16H17NO2. The van der Waals surface area contributed by atoms with Crippen molar-refractivity contribution in [2.24, 2.45) is 0 Å². The fourth-order valence-electron chi connectivity index (χ4n) is 2.61. The summed E-state index contributed by atoms with van der Waals surface area (Å²) in [5.41, 5.74) is 0.0384. The number of amides is 1. The molecule has 0 saturated carbocycles. The highest BCUT2D eigenvalue weighted by molar-refractivity contribution is 6.07. The number of aliphatic hydroxyl groups is 1. The first-order valence-electron chi connectivity index (χ1n) is 6.62. The molecule has 19 heavy (non-hydrogen) atoms. The van der Waals surface area contributed by atoms with Gasteiger partial charge in [0.05, 0.1) is 18.7 Å². The van der Waals surface area contributed by atoms with E-state index < -0.39 is 5.60 Å². The molecule has 0 radical (unpaired) electrons. The second-order valence-corrected chi connectivity index (χ2v) is 5.27. The third-order valence-electron chi connectivity index (χ3n) is 3.94. The van der Waals surface area contributed by atoms with Crippen LogP contribution in [-0.2, 0) is 0 Å². The van der Waals surface area contributed by atoms with Gasteiger partial charge in [-0.15, -0.1) is 0 Å². The third-order valence-corrected chi connectivity index (χ3v) is 3.94. The van der Waals surface area contributed by atoms with E-state index in [1.165, 1.54) is 0 Å². The molecule has 1 aliphatic rings. The van der Waals surface area contributed by atoms with Crippen molar-refractivity contribution in [2.45, 2.75) is 18.9 Å². The lowest BCUT2D eigenvalue weighted by molar-refractivity contribution is -0.0825. The second kappa shape index (κ2) is 4.35. The topological polar surface area (TPSA) is 40.5 Å². The minimum absolute atomic E-state index is 0.00919. The Labute approximate surface area is 112 Å². The Morgan fingerprint density at radius 3 is 2.63 bits per heavy atom. The summed E-state index contributed by atoms with van der Waals surface area (Å²) in [6, 6.07) is 13.6. The Morgan fingerprint density at radius 1 is 1.21 bits per heavy atom. The van der Waals surface area contributed by atoms with Crippen LogP contribution in [0.4, 0.5) is 0 Å². The Kier molecular flexibility index (Phi) is 2.79. The molecule has 0 aliphatic carbocycles. The number of rotatable bonds is 2. The van der Waals surface area contributed by atoms with E-state index in [2.05, 4.69) is 0 Å². The zero-order valence-corrected chi connectivity index (χ0v) is 11.0. The predicted molar refractivity (Wildman–Crippen MR) is 75.1 cm³/mol. The molecule has 0 bridgehead atoms. The fourth-order valence-corrected chi connectivity index (χ4v) is 2.61. The number of fused-ring (bicyclic) bond motifs is 1. The van der Waals surface area contributed by atoms with E-state index in [1.54, 1.807) is 4.90 Å². The van der Waals surface area contributed by atoms with Crippen LogP contribution in [0.3, 0.4) is 0 Å². The molecule has 3 rings (SSSR count). The van der Waals surface area contributed by atoms with Gasteiger partial charge in [0, 0.05) is 5.56 Å². The van der Waals surface area contributed by atoms with Crippen LogP contribution in [0.2, 0.25) is 0 Å². The molecule has 2 aromatic carbocycles. The van der Waals surface area contributed by atoms with E-state index in [9.17, 15) is 9.90 Å². The van der Waals surface area contributed by atoms with Crippen LogP contribution < -0.4 is 0 Å². The van der Waals surface area contributed by atoms with Crippen molar-refractivity contribution in [3.05, 3.63) is 48.0 Å². The van der Waals surface area contributed by atoms with Gasteiger partial charge in [0.25, 0.3) is 5.91 Å². The molecule has 2 aromatic rings.